The Morgan fingerprint density at radius 2 is 1.97 bits per heavy atom. The van der Waals surface area contributed by atoms with Crippen molar-refractivity contribution in [1.29, 1.82) is 5.26 Å². The third-order valence-corrected chi connectivity index (χ3v) is 7.88. The molecule has 2 aromatic carbocycles. The van der Waals surface area contributed by atoms with Crippen LogP contribution >= 0.6 is 0 Å². The summed E-state index contributed by atoms with van der Waals surface area (Å²) in [5.74, 6) is -0.288. The highest BCUT2D eigenvalue weighted by atomic mass is 16.5. The third kappa shape index (κ3) is 3.56. The number of anilines is 1. The fraction of sp³-hybridized carbons (Fsp3) is 0.467. The quantitative estimate of drug-likeness (QED) is 0.575. The average Bonchev–Trinajstić information content (AvgIpc) is 3.30. The predicted molar refractivity (Wildman–Crippen MR) is 142 cm³/mol. The van der Waals surface area contributed by atoms with E-state index in [1.54, 1.807) is 24.3 Å². The van der Waals surface area contributed by atoms with Gasteiger partial charge in [-0.05, 0) is 54.6 Å². The number of aryl methyl sites for hydroxylation is 1. The lowest BCUT2D eigenvalue weighted by molar-refractivity contribution is 0.0115. The zero-order chi connectivity index (χ0) is 30.4. The molecule has 0 amide bonds. The zero-order valence-corrected chi connectivity index (χ0v) is 20.9. The van der Waals surface area contributed by atoms with Gasteiger partial charge in [0.05, 0.1) is 30.4 Å². The van der Waals surface area contributed by atoms with Crippen LogP contribution in [0.3, 0.4) is 0 Å². The first-order valence-corrected chi connectivity index (χ1v) is 12.5. The summed E-state index contributed by atoms with van der Waals surface area (Å²) in [4.78, 5) is 20.6. The van der Waals surface area contributed by atoms with Gasteiger partial charge in [-0.25, -0.2) is 0 Å². The Labute approximate surface area is 221 Å². The highest BCUT2D eigenvalue weighted by Gasteiger charge is 2.40. The molecule has 0 unspecified atom stereocenters. The number of carbonyl (C=O) groups is 1. The van der Waals surface area contributed by atoms with E-state index < -0.39 is 24.8 Å². The Balaban J connectivity index is 1.52. The second kappa shape index (κ2) is 8.76. The van der Waals surface area contributed by atoms with Gasteiger partial charge in [-0.2, -0.15) is 5.26 Å². The Morgan fingerprint density at radius 3 is 2.67 bits per heavy atom. The van der Waals surface area contributed by atoms with Gasteiger partial charge in [0, 0.05) is 73.6 Å². The van der Waals surface area contributed by atoms with Gasteiger partial charge in [0.25, 0.3) is 0 Å². The maximum absolute atomic E-state index is 14.1. The number of hydrogen-bond donors (Lipinski definition) is 1. The smallest absolute Gasteiger partial charge is 0.195 e. The Kier molecular flexibility index (Phi) is 4.22. The summed E-state index contributed by atoms with van der Waals surface area (Å²) in [5.41, 5.74) is 2.50. The van der Waals surface area contributed by atoms with E-state index in [1.807, 2.05) is 13.8 Å². The Morgan fingerprint density at radius 1 is 1.22 bits per heavy atom. The summed E-state index contributed by atoms with van der Waals surface area (Å²) in [5, 5.41) is 10.1. The lowest BCUT2D eigenvalue weighted by atomic mass is 9.70. The van der Waals surface area contributed by atoms with Crippen molar-refractivity contribution >= 4 is 22.4 Å². The molecule has 6 nitrogen and oxygen atoms in total. The highest BCUT2D eigenvalue weighted by Crippen LogP contribution is 2.46. The van der Waals surface area contributed by atoms with E-state index in [2.05, 4.69) is 16.0 Å². The number of rotatable bonds is 3. The number of hydrogen-bond acceptors (Lipinski definition) is 5. The lowest BCUT2D eigenvalue weighted by Crippen LogP contribution is -2.49. The van der Waals surface area contributed by atoms with Crippen LogP contribution in [0.2, 0.25) is 0 Å². The van der Waals surface area contributed by atoms with Crippen molar-refractivity contribution in [2.24, 2.45) is 0 Å². The van der Waals surface area contributed by atoms with Gasteiger partial charge >= 0.3 is 0 Å². The van der Waals surface area contributed by atoms with Crippen molar-refractivity contribution in [3.05, 3.63) is 63.8 Å². The Bertz CT molecular complexity index is 1630. The second-order valence-electron chi connectivity index (χ2n) is 10.2. The minimum Gasteiger partial charge on any atom is -0.379 e. The molecule has 0 spiro atoms. The first-order valence-electron chi connectivity index (χ1n) is 15.5. The van der Waals surface area contributed by atoms with E-state index in [4.69, 9.17) is 13.0 Å². The number of ether oxygens (including phenoxy) is 1. The summed E-state index contributed by atoms with van der Waals surface area (Å²) in [6.45, 7) is 3.22. The molecule has 0 radical (unpaired) electrons. The number of morpholine rings is 1. The van der Waals surface area contributed by atoms with E-state index in [0.717, 1.165) is 4.90 Å². The topological polar surface area (TPSA) is 72.4 Å². The largest absolute Gasteiger partial charge is 0.379 e. The van der Waals surface area contributed by atoms with Crippen molar-refractivity contribution in [2.45, 2.75) is 51.4 Å². The molecule has 2 fully saturated rings. The SMILES string of the molecule is [2H]C([2H])(C)c1cc2c(cc1N1C([2H])([2H])CC(N3CCOCC3)CC1([2H])[2H])C(C)(C)c1[nH]c3cc(C#N)ccc3c1C2=O. The number of ketones is 1. The molecule has 2 aliphatic heterocycles. The number of carbonyl (C=O) groups excluding carboxylic acids is 1. The maximum atomic E-state index is 14.1. The molecule has 2 saturated heterocycles. The molecule has 3 aliphatic rings. The minimum absolute atomic E-state index is 0.0471. The van der Waals surface area contributed by atoms with E-state index >= 15 is 0 Å². The third-order valence-electron chi connectivity index (χ3n) is 7.88. The first-order chi connectivity index (χ1) is 19.6. The van der Waals surface area contributed by atoms with Gasteiger partial charge in [0.1, 0.15) is 0 Å². The highest BCUT2D eigenvalue weighted by molar-refractivity contribution is 6.20. The van der Waals surface area contributed by atoms with Crippen molar-refractivity contribution in [3.8, 4) is 6.07 Å². The van der Waals surface area contributed by atoms with Gasteiger partial charge in [-0.15, -0.1) is 0 Å². The fourth-order valence-corrected chi connectivity index (χ4v) is 5.81. The molecule has 0 bridgehead atoms. The molecule has 186 valence electrons. The van der Waals surface area contributed by atoms with Crippen LogP contribution in [0, 0.1) is 11.3 Å². The molecule has 3 aromatic rings. The number of piperidine rings is 1. The molecular weight excluding hydrogens is 448 g/mol. The van der Waals surface area contributed by atoms with Crippen LogP contribution in [0.25, 0.3) is 10.9 Å². The van der Waals surface area contributed by atoms with Gasteiger partial charge in [0.2, 0.25) is 0 Å². The van der Waals surface area contributed by atoms with Crippen molar-refractivity contribution in [2.75, 3.05) is 44.2 Å². The molecule has 3 heterocycles. The molecule has 1 N–H and O–H groups in total. The monoisotopic (exact) mass is 488 g/mol. The van der Waals surface area contributed by atoms with Gasteiger partial charge < -0.3 is 14.6 Å². The summed E-state index contributed by atoms with van der Waals surface area (Å²) in [6, 6.07) is 10.0. The standard InChI is InChI=1S/C30H34N4O2/c1-4-20-16-23-24(17-26(20)34-9-7-21(8-10-34)33-11-13-36-14-12-33)30(2,3)29-27(28(23)35)22-6-5-19(18-31)15-25(22)32-29/h5-6,15-17,21,32H,4,7-14H2,1-3H3/i4D2,9D2,10D2. The normalized spacial score (nSPS) is 25.9. The first kappa shape index (κ1) is 17.3. The number of nitrogens with one attached hydrogen (secondary N) is 1. The minimum atomic E-state index is -2.14. The van der Waals surface area contributed by atoms with Crippen molar-refractivity contribution in [1.82, 2.24) is 9.88 Å². The van der Waals surface area contributed by atoms with Gasteiger partial charge in [-0.1, -0.05) is 26.8 Å². The fourth-order valence-electron chi connectivity index (χ4n) is 5.81. The van der Waals surface area contributed by atoms with Crippen LogP contribution in [0.1, 0.15) is 80.1 Å². The summed E-state index contributed by atoms with van der Waals surface area (Å²) < 4.78 is 59.3. The van der Waals surface area contributed by atoms with Gasteiger partial charge in [-0.3, -0.25) is 9.69 Å². The zero-order valence-electron chi connectivity index (χ0n) is 26.9. The van der Waals surface area contributed by atoms with Crippen LogP contribution in [0.15, 0.2) is 30.3 Å². The number of H-pyrrole nitrogens is 1. The molecule has 0 atom stereocenters. The summed E-state index contributed by atoms with van der Waals surface area (Å²) in [7, 11) is 0. The van der Waals surface area contributed by atoms with Crippen molar-refractivity contribution in [3.63, 3.8) is 0 Å². The average molecular weight is 489 g/mol. The molecule has 6 rings (SSSR count). The number of fused-ring (bicyclic) bond motifs is 4. The summed E-state index contributed by atoms with van der Waals surface area (Å²) in [6.07, 6.45) is -1.90. The molecular formula is C30H34N4O2. The number of aromatic amines is 1. The number of aromatic nitrogens is 1. The Hall–Kier alpha value is -3.14. The maximum Gasteiger partial charge on any atom is 0.195 e. The summed E-state index contributed by atoms with van der Waals surface area (Å²) >= 11 is 0. The van der Waals surface area contributed by atoms with E-state index in [-0.39, 0.29) is 35.9 Å². The lowest BCUT2D eigenvalue weighted by Gasteiger charge is -2.42. The van der Waals surface area contributed by atoms with Crippen LogP contribution in [0.5, 0.6) is 0 Å². The van der Waals surface area contributed by atoms with Crippen LogP contribution < -0.4 is 4.90 Å². The van der Waals surface area contributed by atoms with Crippen molar-refractivity contribution < 1.29 is 17.8 Å². The van der Waals surface area contributed by atoms with E-state index in [0.29, 0.717) is 65.2 Å². The molecule has 6 heteroatoms. The molecule has 1 aliphatic carbocycles. The molecule has 36 heavy (non-hydrogen) atoms. The second-order valence-corrected chi connectivity index (χ2v) is 10.2. The van der Waals surface area contributed by atoms with Crippen LogP contribution in [0.4, 0.5) is 5.69 Å². The number of benzene rings is 2. The van der Waals surface area contributed by atoms with Crippen LogP contribution in [-0.2, 0) is 16.5 Å². The van der Waals surface area contributed by atoms with Gasteiger partial charge in [0.15, 0.2) is 5.78 Å². The number of nitrogens with zero attached hydrogens (tertiary/aromatic N) is 3. The number of nitriles is 1. The molecule has 1 aromatic heterocycles. The van der Waals surface area contributed by atoms with Crippen LogP contribution in [-0.4, -0.2) is 61.0 Å². The molecule has 0 saturated carbocycles. The van der Waals surface area contributed by atoms with E-state index in [9.17, 15) is 10.1 Å². The van der Waals surface area contributed by atoms with E-state index in [1.165, 1.54) is 13.0 Å². The predicted octanol–water partition coefficient (Wildman–Crippen LogP) is 4.77.